The predicted molar refractivity (Wildman–Crippen MR) is 64.0 cm³/mol. The van der Waals surface area contributed by atoms with Crippen LogP contribution in [0.1, 0.15) is 40.0 Å². The highest BCUT2D eigenvalue weighted by atomic mass is 31.2. The van der Waals surface area contributed by atoms with Gasteiger partial charge in [-0.3, -0.25) is 4.79 Å². The predicted octanol–water partition coefficient (Wildman–Crippen LogP) is 3.12. The van der Waals surface area contributed by atoms with Crippen molar-refractivity contribution < 1.29 is 14.1 Å². The Morgan fingerprint density at radius 2 is 1.73 bits per heavy atom. The van der Waals surface area contributed by atoms with Gasteiger partial charge in [0.15, 0.2) is 0 Å². The fourth-order valence-corrected chi connectivity index (χ4v) is 3.32. The minimum Gasteiger partial charge on any atom is -0.466 e. The van der Waals surface area contributed by atoms with Crippen LogP contribution in [0.4, 0.5) is 0 Å². The molecule has 15 heavy (non-hydrogen) atoms. The molecule has 0 heterocycles. The van der Waals surface area contributed by atoms with Gasteiger partial charge in [0.05, 0.1) is 13.7 Å². The summed E-state index contributed by atoms with van der Waals surface area (Å²) in [5, 5.41) is 0. The number of carbonyl (C=O) groups excluding carboxylic acids is 1. The van der Waals surface area contributed by atoms with Gasteiger partial charge in [0.1, 0.15) is 0 Å². The van der Waals surface area contributed by atoms with Gasteiger partial charge in [-0.15, -0.1) is 0 Å². The molecule has 0 aromatic rings. The summed E-state index contributed by atoms with van der Waals surface area (Å²) in [6.45, 7) is 6.22. The van der Waals surface area contributed by atoms with Crippen LogP contribution in [-0.4, -0.2) is 31.1 Å². The van der Waals surface area contributed by atoms with Gasteiger partial charge >= 0.3 is 5.97 Å². The third-order valence-electron chi connectivity index (χ3n) is 2.65. The minimum atomic E-state index is -1.91. The van der Waals surface area contributed by atoms with Gasteiger partial charge in [-0.2, -0.15) is 0 Å². The van der Waals surface area contributed by atoms with E-state index in [1.807, 2.05) is 13.8 Å². The van der Waals surface area contributed by atoms with Crippen LogP contribution in [0.15, 0.2) is 0 Å². The number of hydrogen-bond donors (Lipinski definition) is 0. The smallest absolute Gasteiger partial charge is 0.305 e. The maximum absolute atomic E-state index is 12.0. The number of carbonyl (C=O) groups is 1. The van der Waals surface area contributed by atoms with Crippen molar-refractivity contribution in [3.05, 3.63) is 0 Å². The van der Waals surface area contributed by atoms with Crippen LogP contribution in [-0.2, 0) is 14.1 Å². The molecule has 0 fully saturated rings. The SMILES string of the molecule is CCOC(=O)CCCCP(=O)(CC)CC. The summed E-state index contributed by atoms with van der Waals surface area (Å²) in [5.74, 6) is -0.139. The van der Waals surface area contributed by atoms with Crippen LogP contribution in [0.3, 0.4) is 0 Å². The van der Waals surface area contributed by atoms with Crippen molar-refractivity contribution in [1.82, 2.24) is 0 Å². The van der Waals surface area contributed by atoms with Crippen LogP contribution in [0, 0.1) is 0 Å². The van der Waals surface area contributed by atoms with E-state index in [4.69, 9.17) is 4.74 Å². The number of esters is 1. The molecule has 4 heteroatoms. The van der Waals surface area contributed by atoms with E-state index in [9.17, 15) is 9.36 Å². The lowest BCUT2D eigenvalue weighted by atomic mass is 10.2. The van der Waals surface area contributed by atoms with E-state index in [2.05, 4.69) is 0 Å². The maximum atomic E-state index is 12.0. The lowest BCUT2D eigenvalue weighted by Gasteiger charge is -2.13. The van der Waals surface area contributed by atoms with E-state index in [-0.39, 0.29) is 5.97 Å². The summed E-state index contributed by atoms with van der Waals surface area (Å²) in [7, 11) is -1.91. The molecule has 0 aliphatic rings. The summed E-state index contributed by atoms with van der Waals surface area (Å²) >= 11 is 0. The quantitative estimate of drug-likeness (QED) is 0.368. The highest BCUT2D eigenvalue weighted by Crippen LogP contribution is 2.45. The van der Waals surface area contributed by atoms with Crippen LogP contribution < -0.4 is 0 Å². The first kappa shape index (κ1) is 14.7. The topological polar surface area (TPSA) is 43.4 Å². The van der Waals surface area contributed by atoms with E-state index in [1.54, 1.807) is 6.92 Å². The molecule has 0 aromatic carbocycles. The fraction of sp³-hybridized carbons (Fsp3) is 0.909. The monoisotopic (exact) mass is 234 g/mol. The third-order valence-corrected chi connectivity index (χ3v) is 6.09. The molecule has 3 nitrogen and oxygen atoms in total. The molecular weight excluding hydrogens is 211 g/mol. The molecule has 0 saturated heterocycles. The second-order valence-corrected chi connectivity index (χ2v) is 7.50. The molecule has 0 saturated carbocycles. The molecule has 0 atom stereocenters. The van der Waals surface area contributed by atoms with E-state index in [1.165, 1.54) is 0 Å². The Labute approximate surface area is 93.0 Å². The Hall–Kier alpha value is -0.300. The molecule has 0 radical (unpaired) electrons. The van der Waals surface area contributed by atoms with Crippen LogP contribution >= 0.6 is 7.14 Å². The Kier molecular flexibility index (Phi) is 7.76. The lowest BCUT2D eigenvalue weighted by molar-refractivity contribution is -0.143. The third kappa shape index (κ3) is 6.72. The number of unbranched alkanes of at least 4 members (excludes halogenated alkanes) is 1. The second-order valence-electron chi connectivity index (χ2n) is 3.68. The van der Waals surface area contributed by atoms with Crippen LogP contribution in [0.25, 0.3) is 0 Å². The largest absolute Gasteiger partial charge is 0.466 e. The zero-order valence-corrected chi connectivity index (χ0v) is 11.0. The first-order valence-corrected chi connectivity index (χ1v) is 8.07. The number of hydrogen-bond acceptors (Lipinski definition) is 3. The first-order chi connectivity index (χ1) is 7.08. The van der Waals surface area contributed by atoms with E-state index >= 15 is 0 Å². The Bertz CT molecular complexity index is 218. The van der Waals surface area contributed by atoms with E-state index in [0.717, 1.165) is 31.3 Å². The average Bonchev–Trinajstić information content (AvgIpc) is 2.24. The minimum absolute atomic E-state index is 0.139. The molecule has 0 aliphatic heterocycles. The van der Waals surface area contributed by atoms with Crippen molar-refractivity contribution in [2.45, 2.75) is 40.0 Å². The van der Waals surface area contributed by atoms with Gasteiger partial charge in [-0.25, -0.2) is 0 Å². The summed E-state index contributed by atoms with van der Waals surface area (Å²) in [4.78, 5) is 11.0. The molecule has 0 N–H and O–H groups in total. The standard InChI is InChI=1S/C11H23O3P/c1-4-14-11(12)9-7-8-10-15(13,5-2)6-3/h4-10H2,1-3H3. The second kappa shape index (κ2) is 7.92. The van der Waals surface area contributed by atoms with Crippen molar-refractivity contribution >= 4 is 13.1 Å². The van der Waals surface area contributed by atoms with Gasteiger partial charge in [-0.05, 0) is 32.1 Å². The van der Waals surface area contributed by atoms with Crippen molar-refractivity contribution in [2.24, 2.45) is 0 Å². The summed E-state index contributed by atoms with van der Waals surface area (Å²) in [6, 6.07) is 0. The molecule has 90 valence electrons. The van der Waals surface area contributed by atoms with Crippen molar-refractivity contribution in [2.75, 3.05) is 25.1 Å². The number of rotatable bonds is 8. The zero-order valence-electron chi connectivity index (χ0n) is 10.1. The Balaban J connectivity index is 3.62. The molecule has 0 amide bonds. The van der Waals surface area contributed by atoms with Crippen molar-refractivity contribution in [1.29, 1.82) is 0 Å². The maximum Gasteiger partial charge on any atom is 0.305 e. The molecule has 0 aliphatic carbocycles. The van der Waals surface area contributed by atoms with Gasteiger partial charge in [-0.1, -0.05) is 13.8 Å². The molecule has 0 aromatic heterocycles. The van der Waals surface area contributed by atoms with Gasteiger partial charge in [0.2, 0.25) is 0 Å². The van der Waals surface area contributed by atoms with E-state index < -0.39 is 7.14 Å². The first-order valence-electron chi connectivity index (χ1n) is 5.80. The normalized spacial score (nSPS) is 11.4. The highest BCUT2D eigenvalue weighted by molar-refractivity contribution is 7.63. The lowest BCUT2D eigenvalue weighted by Crippen LogP contribution is -2.04. The Morgan fingerprint density at radius 1 is 1.13 bits per heavy atom. The average molecular weight is 234 g/mol. The molecule has 0 bridgehead atoms. The number of ether oxygens (including phenoxy) is 1. The summed E-state index contributed by atoms with van der Waals surface area (Å²) in [5.41, 5.74) is 0. The van der Waals surface area contributed by atoms with Gasteiger partial charge < -0.3 is 9.30 Å². The molecule has 0 rings (SSSR count). The van der Waals surface area contributed by atoms with Crippen LogP contribution in [0.5, 0.6) is 0 Å². The zero-order chi connectivity index (χ0) is 11.7. The molecule has 0 unspecified atom stereocenters. The van der Waals surface area contributed by atoms with Crippen molar-refractivity contribution in [3.8, 4) is 0 Å². The van der Waals surface area contributed by atoms with Gasteiger partial charge in [0, 0.05) is 12.6 Å². The Morgan fingerprint density at radius 3 is 2.20 bits per heavy atom. The summed E-state index contributed by atoms with van der Waals surface area (Å²) < 4.78 is 16.8. The highest BCUT2D eigenvalue weighted by Gasteiger charge is 2.16. The fourth-order valence-electron chi connectivity index (χ4n) is 1.44. The molecule has 0 spiro atoms. The molecular formula is C11H23O3P. The summed E-state index contributed by atoms with van der Waals surface area (Å²) in [6.07, 6.45) is 4.47. The van der Waals surface area contributed by atoms with E-state index in [0.29, 0.717) is 13.0 Å². The van der Waals surface area contributed by atoms with Crippen LogP contribution in [0.2, 0.25) is 0 Å². The van der Waals surface area contributed by atoms with Crippen molar-refractivity contribution in [3.63, 3.8) is 0 Å². The van der Waals surface area contributed by atoms with Gasteiger partial charge in [0.25, 0.3) is 0 Å².